The Morgan fingerprint density at radius 3 is 1.89 bits per heavy atom. The average molecular weight is 485 g/mol. The van der Waals surface area contributed by atoms with Gasteiger partial charge in [0, 0.05) is 0 Å². The van der Waals surface area contributed by atoms with Gasteiger partial charge in [-0.05, 0) is 91.4 Å². The maximum absolute atomic E-state index is 14.8. The lowest BCUT2D eigenvalue weighted by Gasteiger charge is -2.27. The summed E-state index contributed by atoms with van der Waals surface area (Å²) in [5.41, 5.74) is 2.96. The lowest BCUT2D eigenvalue weighted by Crippen LogP contribution is -2.27. The first-order valence-electron chi connectivity index (χ1n) is 13.3. The van der Waals surface area contributed by atoms with Gasteiger partial charge < -0.3 is 4.74 Å². The molecule has 190 valence electrons. The number of hydrogen-bond donors (Lipinski definition) is 0. The molecule has 2 aromatic carbocycles. The molecule has 4 rings (SSSR count). The van der Waals surface area contributed by atoms with Gasteiger partial charge in [0.1, 0.15) is 0 Å². The minimum atomic E-state index is -3.88. The van der Waals surface area contributed by atoms with Crippen LogP contribution in [0, 0.1) is 11.8 Å². The van der Waals surface area contributed by atoms with Gasteiger partial charge in [0.2, 0.25) is 6.17 Å². The first-order chi connectivity index (χ1) is 16.9. The van der Waals surface area contributed by atoms with Crippen LogP contribution in [0.25, 0.3) is 0 Å². The smallest absolute Gasteiger partial charge is 0.313 e. The van der Waals surface area contributed by atoms with Crippen LogP contribution in [0.2, 0.25) is 0 Å². The van der Waals surface area contributed by atoms with Crippen LogP contribution in [0.1, 0.15) is 105 Å². The molecule has 2 aliphatic rings. The van der Waals surface area contributed by atoms with Crippen molar-refractivity contribution in [1.82, 2.24) is 0 Å². The fourth-order valence-corrected chi connectivity index (χ4v) is 5.78. The third kappa shape index (κ3) is 6.78. The van der Waals surface area contributed by atoms with Crippen LogP contribution < -0.4 is 0 Å². The van der Waals surface area contributed by atoms with Crippen LogP contribution >= 0.6 is 0 Å². The van der Waals surface area contributed by atoms with E-state index in [9.17, 15) is 13.2 Å². The molecule has 2 saturated carbocycles. The molecular formula is C31H39F3O. The minimum absolute atomic E-state index is 0.0354. The van der Waals surface area contributed by atoms with Gasteiger partial charge in [0.15, 0.2) is 0 Å². The fraction of sp³-hybridized carbons (Fsp3) is 0.548. The zero-order valence-corrected chi connectivity index (χ0v) is 21.1. The van der Waals surface area contributed by atoms with E-state index in [-0.39, 0.29) is 12.2 Å². The van der Waals surface area contributed by atoms with Gasteiger partial charge in [0.25, 0.3) is 0 Å². The molecule has 1 unspecified atom stereocenters. The molecular weight excluding hydrogens is 445 g/mol. The summed E-state index contributed by atoms with van der Waals surface area (Å²) in [6.45, 7) is 4.01. The quantitative estimate of drug-likeness (QED) is 0.339. The van der Waals surface area contributed by atoms with Crippen LogP contribution in [0.3, 0.4) is 0 Å². The van der Waals surface area contributed by atoms with Crippen molar-refractivity contribution in [2.24, 2.45) is 11.8 Å². The SMILES string of the molecule is CC=CC1CCC(c2ccc(COC(F)(F)C(F)c3ccc(C4CCC(C)CC4)cc3)cc2)CC1. The highest BCUT2D eigenvalue weighted by atomic mass is 19.3. The lowest BCUT2D eigenvalue weighted by molar-refractivity contribution is -0.282. The van der Waals surface area contributed by atoms with Crippen molar-refractivity contribution in [3.63, 3.8) is 0 Å². The van der Waals surface area contributed by atoms with Crippen molar-refractivity contribution in [1.29, 1.82) is 0 Å². The third-order valence-electron chi connectivity index (χ3n) is 8.13. The summed E-state index contributed by atoms with van der Waals surface area (Å²) in [6, 6.07) is 14.3. The number of allylic oxidation sites excluding steroid dienone is 2. The predicted molar refractivity (Wildman–Crippen MR) is 136 cm³/mol. The first-order valence-corrected chi connectivity index (χ1v) is 13.3. The highest BCUT2D eigenvalue weighted by Crippen LogP contribution is 2.40. The molecule has 0 aromatic heterocycles. The van der Waals surface area contributed by atoms with E-state index in [1.165, 1.54) is 43.4 Å². The zero-order valence-electron chi connectivity index (χ0n) is 21.1. The third-order valence-corrected chi connectivity index (χ3v) is 8.13. The lowest BCUT2D eigenvalue weighted by atomic mass is 9.78. The van der Waals surface area contributed by atoms with Gasteiger partial charge in [-0.15, -0.1) is 0 Å². The van der Waals surface area contributed by atoms with Crippen LogP contribution in [-0.4, -0.2) is 6.11 Å². The minimum Gasteiger partial charge on any atom is -0.313 e. The van der Waals surface area contributed by atoms with Crippen LogP contribution in [0.15, 0.2) is 60.7 Å². The molecule has 1 atom stereocenters. The van der Waals surface area contributed by atoms with Gasteiger partial charge in [-0.2, -0.15) is 8.78 Å². The molecule has 0 aliphatic heterocycles. The average Bonchev–Trinajstić information content (AvgIpc) is 2.89. The van der Waals surface area contributed by atoms with E-state index in [2.05, 4.69) is 26.0 Å². The van der Waals surface area contributed by atoms with Crippen molar-refractivity contribution < 1.29 is 17.9 Å². The Balaban J connectivity index is 1.29. The molecule has 1 nitrogen and oxygen atoms in total. The molecule has 0 spiro atoms. The Morgan fingerprint density at radius 2 is 1.34 bits per heavy atom. The van der Waals surface area contributed by atoms with E-state index in [4.69, 9.17) is 4.74 Å². The summed E-state index contributed by atoms with van der Waals surface area (Å²) in [4.78, 5) is 0. The van der Waals surface area contributed by atoms with Crippen molar-refractivity contribution >= 4 is 0 Å². The molecule has 2 fully saturated rings. The number of rotatable bonds is 8. The Kier molecular flexibility index (Phi) is 8.75. The van der Waals surface area contributed by atoms with Crippen LogP contribution in [-0.2, 0) is 11.3 Å². The number of benzene rings is 2. The maximum atomic E-state index is 14.8. The van der Waals surface area contributed by atoms with Gasteiger partial charge in [-0.25, -0.2) is 4.39 Å². The van der Waals surface area contributed by atoms with E-state index >= 15 is 0 Å². The molecule has 0 radical (unpaired) electrons. The molecule has 0 N–H and O–H groups in total. The van der Waals surface area contributed by atoms with Crippen LogP contribution in [0.5, 0.6) is 0 Å². The summed E-state index contributed by atoms with van der Waals surface area (Å²) in [7, 11) is 0. The van der Waals surface area contributed by atoms with Gasteiger partial charge in [-0.1, -0.05) is 80.4 Å². The van der Waals surface area contributed by atoms with Crippen LogP contribution in [0.4, 0.5) is 13.2 Å². The molecule has 2 aromatic rings. The molecule has 0 bridgehead atoms. The maximum Gasteiger partial charge on any atom is 0.391 e. The second kappa shape index (κ2) is 11.8. The summed E-state index contributed by atoms with van der Waals surface area (Å²) >= 11 is 0. The molecule has 0 saturated heterocycles. The number of alkyl halides is 3. The van der Waals surface area contributed by atoms with E-state index in [0.29, 0.717) is 23.3 Å². The summed E-state index contributed by atoms with van der Waals surface area (Å²) in [5.74, 6) is 2.38. The van der Waals surface area contributed by atoms with Crippen molar-refractivity contribution in [2.75, 3.05) is 0 Å². The Labute approximate surface area is 208 Å². The highest BCUT2D eigenvalue weighted by molar-refractivity contribution is 5.28. The summed E-state index contributed by atoms with van der Waals surface area (Å²) in [6.07, 6.45) is 7.28. The largest absolute Gasteiger partial charge is 0.391 e. The molecule has 2 aliphatic carbocycles. The Hall–Kier alpha value is -2.07. The summed E-state index contributed by atoms with van der Waals surface area (Å²) in [5, 5.41) is 0. The Bertz CT molecular complexity index is 934. The number of hydrogen-bond acceptors (Lipinski definition) is 1. The second-order valence-electron chi connectivity index (χ2n) is 10.7. The topological polar surface area (TPSA) is 9.23 Å². The van der Waals surface area contributed by atoms with Gasteiger partial charge in [0.05, 0.1) is 6.61 Å². The summed E-state index contributed by atoms with van der Waals surface area (Å²) < 4.78 is 48.7. The molecule has 0 amide bonds. The molecule has 4 heteroatoms. The first kappa shape index (κ1) is 26.0. The standard InChI is InChI=1S/C31H39F3O/c1-3-4-23-7-13-26(14-8-23)27-15-9-24(10-16-27)21-35-31(33,34)30(32)29-19-17-28(18-20-29)25-11-5-22(2)6-12-25/h3-4,9-10,15-20,22-23,25-26,30H,5-8,11-14,21H2,1-2H3. The number of ether oxygens (including phenoxy) is 1. The van der Waals surface area contributed by atoms with E-state index in [0.717, 1.165) is 37.2 Å². The zero-order chi connectivity index (χ0) is 24.8. The number of halogens is 3. The fourth-order valence-electron chi connectivity index (χ4n) is 5.78. The normalized spacial score (nSPS) is 26.7. The Morgan fingerprint density at radius 1 is 0.829 bits per heavy atom. The second-order valence-corrected chi connectivity index (χ2v) is 10.7. The molecule has 35 heavy (non-hydrogen) atoms. The van der Waals surface area contributed by atoms with Crippen molar-refractivity contribution in [3.05, 3.63) is 82.9 Å². The van der Waals surface area contributed by atoms with E-state index < -0.39 is 12.3 Å². The predicted octanol–water partition coefficient (Wildman–Crippen LogP) is 9.65. The monoisotopic (exact) mass is 484 g/mol. The van der Waals surface area contributed by atoms with Gasteiger partial charge in [-0.3, -0.25) is 0 Å². The highest BCUT2D eigenvalue weighted by Gasteiger charge is 2.42. The molecule has 0 heterocycles. The van der Waals surface area contributed by atoms with E-state index in [1.807, 2.05) is 36.4 Å². The van der Waals surface area contributed by atoms with E-state index in [1.54, 1.807) is 0 Å². The van der Waals surface area contributed by atoms with Crippen molar-refractivity contribution in [3.8, 4) is 0 Å². The van der Waals surface area contributed by atoms with Gasteiger partial charge >= 0.3 is 6.11 Å². The van der Waals surface area contributed by atoms with Crippen molar-refractivity contribution in [2.45, 2.75) is 95.9 Å².